The minimum absolute atomic E-state index is 0.0434. The number of hydrogen-bond acceptors (Lipinski definition) is 7. The first-order chi connectivity index (χ1) is 14.8. The second kappa shape index (κ2) is 10.0. The molecule has 0 amide bonds. The van der Waals surface area contributed by atoms with Crippen molar-refractivity contribution >= 4 is 10.9 Å². The number of aromatic amines is 1. The third kappa shape index (κ3) is 4.80. The molecule has 0 bridgehead atoms. The Balaban J connectivity index is 1.54. The van der Waals surface area contributed by atoms with Crippen LogP contribution in [0.3, 0.4) is 0 Å². The predicted octanol–water partition coefficient (Wildman–Crippen LogP) is 3.08. The lowest BCUT2D eigenvalue weighted by atomic mass is 10.1. The third-order valence-electron chi connectivity index (χ3n) is 5.21. The highest BCUT2D eigenvalue weighted by Gasteiger charge is 2.23. The average molecular weight is 415 g/mol. The van der Waals surface area contributed by atoms with E-state index in [0.29, 0.717) is 25.5 Å². The van der Waals surface area contributed by atoms with Crippen LogP contribution in [-0.2, 0) is 9.47 Å². The number of ether oxygens (including phenoxy) is 3. The van der Waals surface area contributed by atoms with Crippen LogP contribution in [0.15, 0.2) is 24.7 Å². The molecule has 0 aromatic carbocycles. The minimum Gasteiger partial charge on any atom is -0.475 e. The van der Waals surface area contributed by atoms with Gasteiger partial charge in [-0.15, -0.1) is 0 Å². The van der Waals surface area contributed by atoms with Crippen LogP contribution in [0.5, 0.6) is 5.88 Å². The highest BCUT2D eigenvalue weighted by molar-refractivity contribution is 5.93. The molecule has 0 saturated carbocycles. The summed E-state index contributed by atoms with van der Waals surface area (Å²) in [5.74, 6) is 0.555. The molecule has 1 unspecified atom stereocenters. The van der Waals surface area contributed by atoms with Crippen molar-refractivity contribution in [2.24, 2.45) is 0 Å². The molecule has 0 radical (unpaired) electrons. The van der Waals surface area contributed by atoms with Crippen molar-refractivity contribution in [1.29, 1.82) is 0 Å². The lowest BCUT2D eigenvalue weighted by Crippen LogP contribution is -2.19. The highest BCUT2D eigenvalue weighted by atomic mass is 16.5. The second-order valence-corrected chi connectivity index (χ2v) is 7.55. The number of aromatic nitrogens is 5. The Morgan fingerprint density at radius 3 is 3.03 bits per heavy atom. The van der Waals surface area contributed by atoms with Crippen molar-refractivity contribution in [1.82, 2.24) is 25.0 Å². The number of aliphatic hydroxyl groups is 1. The van der Waals surface area contributed by atoms with Gasteiger partial charge in [0, 0.05) is 49.5 Å². The molecule has 0 spiro atoms. The maximum Gasteiger partial charge on any atom is 0.214 e. The topological polar surface area (TPSA) is 107 Å². The number of hydrogen-bond donors (Lipinski definition) is 2. The molecule has 9 heteroatoms. The lowest BCUT2D eigenvalue weighted by Gasteiger charge is -2.23. The number of pyridine rings is 1. The summed E-state index contributed by atoms with van der Waals surface area (Å²) < 4.78 is 19.4. The van der Waals surface area contributed by atoms with Crippen molar-refractivity contribution in [3.05, 3.63) is 24.7 Å². The van der Waals surface area contributed by atoms with Crippen molar-refractivity contribution in [3.8, 4) is 17.1 Å². The fraction of sp³-hybridized carbons (Fsp3) is 0.571. The van der Waals surface area contributed by atoms with E-state index in [1.54, 1.807) is 6.20 Å². The zero-order valence-electron chi connectivity index (χ0n) is 17.3. The maximum absolute atomic E-state index is 8.80. The summed E-state index contributed by atoms with van der Waals surface area (Å²) in [6, 6.07) is 1.94. The van der Waals surface area contributed by atoms with Crippen LogP contribution >= 0.6 is 0 Å². The molecule has 1 aliphatic rings. The van der Waals surface area contributed by atoms with Gasteiger partial charge in [-0.1, -0.05) is 0 Å². The van der Waals surface area contributed by atoms with Gasteiger partial charge in [0.05, 0.1) is 30.6 Å². The number of rotatable bonds is 10. The van der Waals surface area contributed by atoms with Crippen LogP contribution in [0.1, 0.15) is 45.3 Å². The van der Waals surface area contributed by atoms with Gasteiger partial charge in [0.15, 0.2) is 6.23 Å². The van der Waals surface area contributed by atoms with E-state index in [1.165, 1.54) is 0 Å². The SMILES string of the molecule is C[C@H](CCOCCCO)Oc1cc2c(-c3cn[nH]c3)nn(C3CCCCO3)c2cn1. The molecule has 162 valence electrons. The summed E-state index contributed by atoms with van der Waals surface area (Å²) in [5, 5.41) is 21.5. The summed E-state index contributed by atoms with van der Waals surface area (Å²) in [6.07, 6.45) is 9.83. The van der Waals surface area contributed by atoms with Crippen molar-refractivity contribution < 1.29 is 19.3 Å². The quantitative estimate of drug-likeness (QED) is 0.490. The van der Waals surface area contributed by atoms with Gasteiger partial charge in [0.2, 0.25) is 5.88 Å². The Kier molecular flexibility index (Phi) is 6.93. The van der Waals surface area contributed by atoms with Crippen LogP contribution in [0.4, 0.5) is 0 Å². The number of nitrogens with one attached hydrogen (secondary N) is 1. The van der Waals surface area contributed by atoms with E-state index in [2.05, 4.69) is 15.2 Å². The number of fused-ring (bicyclic) bond motifs is 1. The van der Waals surface area contributed by atoms with E-state index in [9.17, 15) is 0 Å². The van der Waals surface area contributed by atoms with Crippen LogP contribution in [-0.4, -0.2) is 62.6 Å². The van der Waals surface area contributed by atoms with E-state index in [4.69, 9.17) is 24.4 Å². The molecule has 1 fully saturated rings. The van der Waals surface area contributed by atoms with Gasteiger partial charge in [-0.05, 0) is 32.6 Å². The molecule has 4 rings (SSSR count). The fourth-order valence-corrected chi connectivity index (χ4v) is 3.59. The molecule has 1 saturated heterocycles. The van der Waals surface area contributed by atoms with E-state index in [1.807, 2.05) is 30.1 Å². The summed E-state index contributed by atoms with van der Waals surface area (Å²) in [6.45, 7) is 4.04. The number of nitrogens with zero attached hydrogens (tertiary/aromatic N) is 4. The molecular weight excluding hydrogens is 386 g/mol. The molecule has 2 N–H and O–H groups in total. The normalized spacial score (nSPS) is 18.0. The molecule has 3 aromatic heterocycles. The summed E-state index contributed by atoms with van der Waals surface area (Å²) in [7, 11) is 0. The first-order valence-electron chi connectivity index (χ1n) is 10.6. The van der Waals surface area contributed by atoms with Crippen LogP contribution in [0, 0.1) is 0 Å². The summed E-state index contributed by atoms with van der Waals surface area (Å²) >= 11 is 0. The van der Waals surface area contributed by atoms with Crippen LogP contribution in [0.2, 0.25) is 0 Å². The van der Waals surface area contributed by atoms with Crippen LogP contribution < -0.4 is 4.74 Å². The molecule has 2 atom stereocenters. The Morgan fingerprint density at radius 2 is 2.27 bits per heavy atom. The standard InChI is InChI=1S/C21H29N5O4/c1-15(6-10-28-8-4-7-27)30-19-11-17-18(14-22-19)26(20-5-2-3-9-29-20)25-21(17)16-12-23-24-13-16/h11-15,20,27H,2-10H2,1H3,(H,23,24)/t15-,20?/m1/s1. The van der Waals surface area contributed by atoms with Gasteiger partial charge >= 0.3 is 0 Å². The Bertz CT molecular complexity index is 921. The smallest absolute Gasteiger partial charge is 0.214 e. The molecule has 3 aromatic rings. The molecule has 30 heavy (non-hydrogen) atoms. The lowest BCUT2D eigenvalue weighted by molar-refractivity contribution is -0.0365. The molecule has 9 nitrogen and oxygen atoms in total. The molecule has 1 aliphatic heterocycles. The van der Waals surface area contributed by atoms with E-state index < -0.39 is 0 Å². The van der Waals surface area contributed by atoms with E-state index in [0.717, 1.165) is 54.5 Å². The minimum atomic E-state index is -0.0783. The van der Waals surface area contributed by atoms with Gasteiger partial charge in [0.1, 0.15) is 5.69 Å². The average Bonchev–Trinajstić information content (AvgIpc) is 3.42. The van der Waals surface area contributed by atoms with Gasteiger partial charge < -0.3 is 19.3 Å². The monoisotopic (exact) mass is 415 g/mol. The largest absolute Gasteiger partial charge is 0.475 e. The van der Waals surface area contributed by atoms with Gasteiger partial charge in [0.25, 0.3) is 0 Å². The van der Waals surface area contributed by atoms with Crippen molar-refractivity contribution in [3.63, 3.8) is 0 Å². The van der Waals surface area contributed by atoms with Crippen molar-refractivity contribution in [2.45, 2.75) is 51.4 Å². The highest BCUT2D eigenvalue weighted by Crippen LogP contribution is 2.33. The molecule has 0 aliphatic carbocycles. The van der Waals surface area contributed by atoms with Gasteiger partial charge in [-0.25, -0.2) is 9.67 Å². The molecular formula is C21H29N5O4. The predicted molar refractivity (Wildman–Crippen MR) is 111 cm³/mol. The fourth-order valence-electron chi connectivity index (χ4n) is 3.59. The zero-order chi connectivity index (χ0) is 20.8. The van der Waals surface area contributed by atoms with Gasteiger partial charge in [-0.2, -0.15) is 10.2 Å². The van der Waals surface area contributed by atoms with E-state index >= 15 is 0 Å². The van der Waals surface area contributed by atoms with E-state index in [-0.39, 0.29) is 18.9 Å². The Morgan fingerprint density at radius 1 is 1.33 bits per heavy atom. The zero-order valence-corrected chi connectivity index (χ0v) is 17.3. The van der Waals surface area contributed by atoms with Crippen molar-refractivity contribution in [2.75, 3.05) is 26.4 Å². The first kappa shape index (κ1) is 20.8. The Labute approximate surface area is 175 Å². The Hall–Kier alpha value is -2.49. The second-order valence-electron chi connectivity index (χ2n) is 7.55. The molecule has 4 heterocycles. The first-order valence-corrected chi connectivity index (χ1v) is 10.6. The number of H-pyrrole nitrogens is 1. The summed E-state index contributed by atoms with van der Waals surface area (Å²) in [4.78, 5) is 4.52. The van der Waals surface area contributed by atoms with Crippen LogP contribution in [0.25, 0.3) is 22.2 Å². The maximum atomic E-state index is 8.80. The van der Waals surface area contributed by atoms with Gasteiger partial charge in [-0.3, -0.25) is 5.10 Å². The third-order valence-corrected chi connectivity index (χ3v) is 5.21. The number of aliphatic hydroxyl groups excluding tert-OH is 1. The summed E-state index contributed by atoms with van der Waals surface area (Å²) in [5.41, 5.74) is 2.67.